The zero-order chi connectivity index (χ0) is 17.1. The molecule has 0 bridgehead atoms. The van der Waals surface area contributed by atoms with Gasteiger partial charge in [0.25, 0.3) is 11.6 Å². The second-order valence-electron chi connectivity index (χ2n) is 5.17. The van der Waals surface area contributed by atoms with Crippen LogP contribution in [-0.4, -0.2) is 20.6 Å². The van der Waals surface area contributed by atoms with Crippen LogP contribution >= 0.6 is 11.3 Å². The minimum atomic E-state index is -0.465. The highest BCUT2D eigenvalue weighted by molar-refractivity contribution is 7.09. The van der Waals surface area contributed by atoms with E-state index in [4.69, 9.17) is 0 Å². The van der Waals surface area contributed by atoms with E-state index in [1.165, 1.54) is 18.2 Å². The molecule has 0 aliphatic carbocycles. The Morgan fingerprint density at radius 3 is 2.88 bits per heavy atom. The van der Waals surface area contributed by atoms with Gasteiger partial charge in [-0.25, -0.2) is 4.68 Å². The summed E-state index contributed by atoms with van der Waals surface area (Å²) in [7, 11) is 0. The van der Waals surface area contributed by atoms with Crippen LogP contribution in [0.3, 0.4) is 0 Å². The molecular formula is C16H14N4O3S. The van der Waals surface area contributed by atoms with Gasteiger partial charge in [0, 0.05) is 28.1 Å². The van der Waals surface area contributed by atoms with Crippen molar-refractivity contribution in [2.24, 2.45) is 0 Å². The predicted octanol–water partition coefficient (Wildman–Crippen LogP) is 3.46. The van der Waals surface area contributed by atoms with E-state index in [-0.39, 0.29) is 11.6 Å². The lowest BCUT2D eigenvalue weighted by molar-refractivity contribution is -0.385. The van der Waals surface area contributed by atoms with E-state index in [1.54, 1.807) is 35.2 Å². The maximum Gasteiger partial charge on any atom is 0.272 e. The van der Waals surface area contributed by atoms with Crippen LogP contribution in [0.15, 0.2) is 48.0 Å². The van der Waals surface area contributed by atoms with Crippen molar-refractivity contribution in [3.05, 3.63) is 74.1 Å². The Labute approximate surface area is 141 Å². The smallest absolute Gasteiger partial charge is 0.272 e. The number of nitrogens with one attached hydrogen (secondary N) is 1. The predicted molar refractivity (Wildman–Crippen MR) is 91.4 cm³/mol. The Kier molecular flexibility index (Phi) is 4.39. The monoisotopic (exact) mass is 342 g/mol. The van der Waals surface area contributed by atoms with Crippen molar-refractivity contribution in [3.63, 3.8) is 0 Å². The van der Waals surface area contributed by atoms with E-state index in [0.29, 0.717) is 23.5 Å². The summed E-state index contributed by atoms with van der Waals surface area (Å²) < 4.78 is 1.70. The second-order valence-corrected chi connectivity index (χ2v) is 6.20. The molecule has 7 nitrogen and oxygen atoms in total. The van der Waals surface area contributed by atoms with Gasteiger partial charge in [0.2, 0.25) is 0 Å². The zero-order valence-corrected chi connectivity index (χ0v) is 13.6. The summed E-state index contributed by atoms with van der Waals surface area (Å²) in [5.41, 5.74) is 0.802. The maximum absolute atomic E-state index is 12.4. The third-order valence-corrected chi connectivity index (χ3v) is 4.36. The van der Waals surface area contributed by atoms with E-state index in [1.807, 2.05) is 17.5 Å². The quantitative estimate of drug-likeness (QED) is 0.568. The molecule has 0 spiro atoms. The van der Waals surface area contributed by atoms with Crippen molar-refractivity contribution in [2.75, 3.05) is 5.32 Å². The second kappa shape index (κ2) is 6.63. The largest absolute Gasteiger partial charge is 0.307 e. The minimum Gasteiger partial charge on any atom is -0.307 e. The van der Waals surface area contributed by atoms with Gasteiger partial charge in [0.15, 0.2) is 0 Å². The number of hydrogen-bond acceptors (Lipinski definition) is 5. The van der Waals surface area contributed by atoms with Crippen LogP contribution in [0.2, 0.25) is 0 Å². The van der Waals surface area contributed by atoms with Crippen LogP contribution in [0.4, 0.5) is 11.5 Å². The minimum absolute atomic E-state index is 0.00529. The van der Waals surface area contributed by atoms with Crippen LogP contribution in [-0.2, 0) is 6.54 Å². The summed E-state index contributed by atoms with van der Waals surface area (Å²) >= 11 is 1.61. The first kappa shape index (κ1) is 15.9. The molecule has 0 saturated carbocycles. The van der Waals surface area contributed by atoms with Gasteiger partial charge in [0.1, 0.15) is 5.82 Å². The lowest BCUT2D eigenvalue weighted by Crippen LogP contribution is -2.16. The number of carbonyl (C=O) groups excluding carboxylic acids is 1. The average molecular weight is 342 g/mol. The van der Waals surface area contributed by atoms with Gasteiger partial charge in [-0.3, -0.25) is 14.9 Å². The average Bonchev–Trinajstić information content (AvgIpc) is 3.20. The molecule has 2 heterocycles. The van der Waals surface area contributed by atoms with E-state index >= 15 is 0 Å². The molecule has 1 amide bonds. The first-order valence-corrected chi connectivity index (χ1v) is 8.03. The number of amides is 1. The number of hydrogen-bond donors (Lipinski definition) is 1. The Balaban J connectivity index is 1.77. The van der Waals surface area contributed by atoms with E-state index in [2.05, 4.69) is 10.4 Å². The molecule has 1 aromatic carbocycles. The Bertz CT molecular complexity index is 887. The summed E-state index contributed by atoms with van der Waals surface area (Å²) in [4.78, 5) is 23.9. The first-order chi connectivity index (χ1) is 11.5. The van der Waals surface area contributed by atoms with Crippen molar-refractivity contribution in [3.8, 4) is 0 Å². The van der Waals surface area contributed by atoms with Gasteiger partial charge in [-0.05, 0) is 30.5 Å². The molecule has 3 rings (SSSR count). The van der Waals surface area contributed by atoms with Gasteiger partial charge in [-0.1, -0.05) is 6.07 Å². The highest BCUT2D eigenvalue weighted by atomic mass is 32.1. The number of benzene rings is 1. The number of nitrogens with zero attached hydrogens (tertiary/aromatic N) is 3. The van der Waals surface area contributed by atoms with E-state index in [9.17, 15) is 14.9 Å². The Hall–Kier alpha value is -3.00. The lowest BCUT2D eigenvalue weighted by Gasteiger charge is -2.09. The van der Waals surface area contributed by atoms with Crippen molar-refractivity contribution in [1.29, 1.82) is 0 Å². The number of nitro benzene ring substituents is 1. The van der Waals surface area contributed by atoms with Crippen LogP contribution in [0.5, 0.6) is 0 Å². The van der Waals surface area contributed by atoms with E-state index in [0.717, 1.165) is 4.88 Å². The number of aryl methyl sites for hydroxylation is 1. The number of rotatable bonds is 5. The highest BCUT2D eigenvalue weighted by Gasteiger charge is 2.15. The lowest BCUT2D eigenvalue weighted by atomic mass is 10.1. The summed E-state index contributed by atoms with van der Waals surface area (Å²) in [6, 6.07) is 9.96. The third kappa shape index (κ3) is 3.33. The molecule has 0 aliphatic heterocycles. The molecule has 0 saturated heterocycles. The molecule has 0 fully saturated rings. The normalized spacial score (nSPS) is 10.5. The van der Waals surface area contributed by atoms with Gasteiger partial charge in [-0.2, -0.15) is 5.10 Å². The third-order valence-electron chi connectivity index (χ3n) is 3.50. The van der Waals surface area contributed by atoms with Crippen molar-refractivity contribution in [2.45, 2.75) is 13.5 Å². The van der Waals surface area contributed by atoms with Crippen LogP contribution in [0.25, 0.3) is 0 Å². The SMILES string of the molecule is Cc1cc(C(=O)Nc2ccnn2Cc2cccs2)ccc1[N+](=O)[O-]. The molecular weight excluding hydrogens is 328 g/mol. The molecule has 0 aliphatic rings. The zero-order valence-electron chi connectivity index (χ0n) is 12.8. The summed E-state index contributed by atoms with van der Waals surface area (Å²) in [6.45, 7) is 2.18. The Morgan fingerprint density at radius 2 is 2.21 bits per heavy atom. The number of nitro groups is 1. The Morgan fingerprint density at radius 1 is 1.38 bits per heavy atom. The summed E-state index contributed by atoms with van der Waals surface area (Å²) in [6.07, 6.45) is 1.62. The van der Waals surface area contributed by atoms with Crippen LogP contribution in [0, 0.1) is 17.0 Å². The van der Waals surface area contributed by atoms with Gasteiger partial charge >= 0.3 is 0 Å². The fraction of sp³-hybridized carbons (Fsp3) is 0.125. The molecule has 0 unspecified atom stereocenters. The number of aromatic nitrogens is 2. The molecule has 0 atom stereocenters. The molecule has 0 radical (unpaired) electrons. The van der Waals surface area contributed by atoms with Crippen LogP contribution in [0.1, 0.15) is 20.8 Å². The van der Waals surface area contributed by atoms with Gasteiger partial charge in [0.05, 0.1) is 17.7 Å². The van der Waals surface area contributed by atoms with Gasteiger partial charge in [-0.15, -0.1) is 11.3 Å². The summed E-state index contributed by atoms with van der Waals surface area (Å²) in [5, 5.41) is 19.8. The summed E-state index contributed by atoms with van der Waals surface area (Å²) in [5.74, 6) is 0.241. The van der Waals surface area contributed by atoms with E-state index < -0.39 is 4.92 Å². The molecule has 1 N–H and O–H groups in total. The van der Waals surface area contributed by atoms with Crippen molar-refractivity contribution < 1.29 is 9.72 Å². The molecule has 8 heteroatoms. The standard InChI is InChI=1S/C16H14N4O3S/c1-11-9-12(4-5-14(11)20(22)23)16(21)18-15-6-7-17-19(15)10-13-3-2-8-24-13/h2-9H,10H2,1H3,(H,18,21). The fourth-order valence-corrected chi connectivity index (χ4v) is 2.99. The number of carbonyl (C=O) groups is 1. The van der Waals surface area contributed by atoms with Gasteiger partial charge < -0.3 is 5.32 Å². The topological polar surface area (TPSA) is 90.1 Å². The van der Waals surface area contributed by atoms with Crippen LogP contribution < -0.4 is 5.32 Å². The molecule has 3 aromatic rings. The highest BCUT2D eigenvalue weighted by Crippen LogP contribution is 2.20. The molecule has 122 valence electrons. The first-order valence-electron chi connectivity index (χ1n) is 7.15. The maximum atomic E-state index is 12.4. The molecule has 24 heavy (non-hydrogen) atoms. The number of anilines is 1. The fourth-order valence-electron chi connectivity index (χ4n) is 2.31. The number of thiophene rings is 1. The molecule has 2 aromatic heterocycles. The van der Waals surface area contributed by atoms with Crippen molar-refractivity contribution in [1.82, 2.24) is 9.78 Å². The van der Waals surface area contributed by atoms with Crippen molar-refractivity contribution >= 4 is 28.7 Å².